The fourth-order valence-electron chi connectivity index (χ4n) is 2.70. The van der Waals surface area contributed by atoms with Crippen LogP contribution in [-0.2, 0) is 14.2 Å². The molecule has 1 aromatic carbocycles. The Balaban J connectivity index is 1.49. The van der Waals surface area contributed by atoms with Gasteiger partial charge in [0.1, 0.15) is 23.7 Å². The number of phenols is 1. The summed E-state index contributed by atoms with van der Waals surface area (Å²) in [4.78, 5) is 13.8. The van der Waals surface area contributed by atoms with E-state index in [4.69, 9.17) is 18.9 Å². The number of ether oxygens (including phenoxy) is 4. The Morgan fingerprint density at radius 1 is 1.15 bits per heavy atom. The molecule has 0 saturated carbocycles. The van der Waals surface area contributed by atoms with Crippen molar-refractivity contribution in [2.45, 2.75) is 45.3 Å². The molecular weight excluding hydrogens is 350 g/mol. The van der Waals surface area contributed by atoms with Crippen LogP contribution < -0.4 is 4.74 Å². The molecule has 152 valence electrons. The number of hydrogen-bond donors (Lipinski definition) is 1. The summed E-state index contributed by atoms with van der Waals surface area (Å²) in [5.41, 5.74) is -0.466. The van der Waals surface area contributed by atoms with E-state index in [-0.39, 0.29) is 17.9 Å². The van der Waals surface area contributed by atoms with Gasteiger partial charge in [0.15, 0.2) is 0 Å². The van der Waals surface area contributed by atoms with Gasteiger partial charge >= 0.3 is 6.09 Å². The normalized spacial score (nSPS) is 15.6. The highest BCUT2D eigenvalue weighted by atomic mass is 16.6. The van der Waals surface area contributed by atoms with E-state index in [0.717, 1.165) is 12.8 Å². The standard InChI is InChI=1S/C20H31NO6/c1-20(2,3)27-19(23)21-9-7-17(8-10-21)25-13-11-24-12-14-26-18-6-4-5-16(22)15-18/h4-6,15,17,22H,7-14H2,1-3H3. The zero-order valence-electron chi connectivity index (χ0n) is 16.5. The smallest absolute Gasteiger partial charge is 0.410 e. The molecule has 0 aliphatic carbocycles. The Kier molecular flexibility index (Phi) is 8.19. The Hall–Kier alpha value is -1.99. The van der Waals surface area contributed by atoms with Gasteiger partial charge in [0.2, 0.25) is 0 Å². The third-order valence-corrected chi connectivity index (χ3v) is 3.99. The van der Waals surface area contributed by atoms with Gasteiger partial charge in [-0.05, 0) is 45.7 Å². The zero-order chi connectivity index (χ0) is 19.7. The molecule has 1 aromatic rings. The van der Waals surface area contributed by atoms with Gasteiger partial charge in [-0.2, -0.15) is 0 Å². The maximum absolute atomic E-state index is 12.0. The lowest BCUT2D eigenvalue weighted by molar-refractivity contribution is -0.0314. The van der Waals surface area contributed by atoms with E-state index in [1.54, 1.807) is 29.2 Å². The lowest BCUT2D eigenvalue weighted by Crippen LogP contribution is -2.43. The van der Waals surface area contributed by atoms with Crippen LogP contribution in [0.15, 0.2) is 24.3 Å². The first kappa shape index (κ1) is 21.3. The quantitative estimate of drug-likeness (QED) is 0.697. The summed E-state index contributed by atoms with van der Waals surface area (Å²) >= 11 is 0. The third-order valence-electron chi connectivity index (χ3n) is 3.99. The molecule has 0 atom stereocenters. The predicted octanol–water partition coefficient (Wildman–Crippen LogP) is 3.20. The largest absolute Gasteiger partial charge is 0.508 e. The maximum Gasteiger partial charge on any atom is 0.410 e. The number of carbonyl (C=O) groups excluding carboxylic acids is 1. The van der Waals surface area contributed by atoms with Gasteiger partial charge < -0.3 is 29.0 Å². The number of benzene rings is 1. The summed E-state index contributed by atoms with van der Waals surface area (Å²) in [5.74, 6) is 0.797. The Morgan fingerprint density at radius 2 is 1.85 bits per heavy atom. The molecule has 0 spiro atoms. The van der Waals surface area contributed by atoms with Gasteiger partial charge in [-0.3, -0.25) is 0 Å². The highest BCUT2D eigenvalue weighted by Gasteiger charge is 2.27. The van der Waals surface area contributed by atoms with Gasteiger partial charge in [0.25, 0.3) is 0 Å². The van der Waals surface area contributed by atoms with Crippen LogP contribution in [0.2, 0.25) is 0 Å². The monoisotopic (exact) mass is 381 g/mol. The van der Waals surface area contributed by atoms with Crippen LogP contribution in [0.4, 0.5) is 4.79 Å². The second kappa shape index (κ2) is 10.4. The summed E-state index contributed by atoms with van der Waals surface area (Å²) in [5, 5.41) is 9.35. The molecular formula is C20H31NO6. The number of hydrogen-bond acceptors (Lipinski definition) is 6. The number of piperidine rings is 1. The van der Waals surface area contributed by atoms with E-state index in [1.165, 1.54) is 0 Å². The van der Waals surface area contributed by atoms with Gasteiger partial charge in [-0.25, -0.2) is 4.79 Å². The number of carbonyl (C=O) groups is 1. The van der Waals surface area contributed by atoms with Crippen molar-refractivity contribution in [1.82, 2.24) is 4.90 Å². The molecule has 0 radical (unpaired) electrons. The van der Waals surface area contributed by atoms with E-state index < -0.39 is 5.60 Å². The van der Waals surface area contributed by atoms with Crippen molar-refractivity contribution in [3.05, 3.63) is 24.3 Å². The molecule has 1 fully saturated rings. The fourth-order valence-corrected chi connectivity index (χ4v) is 2.70. The highest BCUT2D eigenvalue weighted by Crippen LogP contribution is 2.18. The first-order valence-electron chi connectivity index (χ1n) is 9.42. The average Bonchev–Trinajstić information content (AvgIpc) is 2.60. The maximum atomic E-state index is 12.0. The lowest BCUT2D eigenvalue weighted by Gasteiger charge is -2.33. The van der Waals surface area contributed by atoms with Crippen LogP contribution in [0.1, 0.15) is 33.6 Å². The minimum Gasteiger partial charge on any atom is -0.508 e. The molecule has 1 amide bonds. The predicted molar refractivity (Wildman–Crippen MR) is 101 cm³/mol. The SMILES string of the molecule is CC(C)(C)OC(=O)N1CCC(OCCOCCOc2cccc(O)c2)CC1. The van der Waals surface area contributed by atoms with Gasteiger partial charge in [-0.1, -0.05) is 6.07 Å². The summed E-state index contributed by atoms with van der Waals surface area (Å²) < 4.78 is 22.2. The van der Waals surface area contributed by atoms with Crippen LogP contribution in [0, 0.1) is 0 Å². The van der Waals surface area contributed by atoms with E-state index >= 15 is 0 Å². The molecule has 7 nitrogen and oxygen atoms in total. The number of aromatic hydroxyl groups is 1. The van der Waals surface area contributed by atoms with Crippen LogP contribution in [0.25, 0.3) is 0 Å². The number of rotatable bonds is 8. The fraction of sp³-hybridized carbons (Fsp3) is 0.650. The van der Waals surface area contributed by atoms with Crippen LogP contribution in [-0.4, -0.2) is 67.3 Å². The molecule has 7 heteroatoms. The second-order valence-corrected chi connectivity index (χ2v) is 7.50. The molecule has 1 saturated heterocycles. The topological polar surface area (TPSA) is 77.5 Å². The summed E-state index contributed by atoms with van der Waals surface area (Å²) in [6.45, 7) is 8.80. The summed E-state index contributed by atoms with van der Waals surface area (Å²) in [6, 6.07) is 6.67. The van der Waals surface area contributed by atoms with Gasteiger partial charge in [0, 0.05) is 19.2 Å². The first-order valence-corrected chi connectivity index (χ1v) is 9.42. The Morgan fingerprint density at radius 3 is 2.52 bits per heavy atom. The molecule has 0 unspecified atom stereocenters. The van der Waals surface area contributed by atoms with Crippen molar-refractivity contribution in [3.8, 4) is 11.5 Å². The zero-order valence-corrected chi connectivity index (χ0v) is 16.5. The Labute approximate surface area is 161 Å². The Bertz CT molecular complexity index is 578. The van der Waals surface area contributed by atoms with Crippen molar-refractivity contribution < 1.29 is 28.8 Å². The van der Waals surface area contributed by atoms with Crippen LogP contribution in [0.3, 0.4) is 0 Å². The minimum atomic E-state index is -0.466. The van der Waals surface area contributed by atoms with Crippen LogP contribution >= 0.6 is 0 Å². The number of nitrogens with zero attached hydrogens (tertiary/aromatic N) is 1. The summed E-state index contributed by atoms with van der Waals surface area (Å²) in [6.07, 6.45) is 1.51. The molecule has 2 rings (SSSR count). The van der Waals surface area contributed by atoms with Crippen molar-refractivity contribution in [1.29, 1.82) is 0 Å². The van der Waals surface area contributed by atoms with Crippen molar-refractivity contribution in [2.24, 2.45) is 0 Å². The van der Waals surface area contributed by atoms with Crippen molar-refractivity contribution >= 4 is 6.09 Å². The third kappa shape index (κ3) is 8.49. The van der Waals surface area contributed by atoms with E-state index in [1.807, 2.05) is 20.8 Å². The van der Waals surface area contributed by atoms with Gasteiger partial charge in [0.05, 0.1) is 25.9 Å². The second-order valence-electron chi connectivity index (χ2n) is 7.50. The molecule has 27 heavy (non-hydrogen) atoms. The number of phenolic OH excluding ortho intramolecular Hbond substituents is 1. The highest BCUT2D eigenvalue weighted by molar-refractivity contribution is 5.68. The van der Waals surface area contributed by atoms with Crippen molar-refractivity contribution in [3.63, 3.8) is 0 Å². The van der Waals surface area contributed by atoms with E-state index in [9.17, 15) is 9.90 Å². The number of likely N-dealkylation sites (tertiary alicyclic amines) is 1. The molecule has 1 N–H and O–H groups in total. The summed E-state index contributed by atoms with van der Waals surface area (Å²) in [7, 11) is 0. The molecule has 1 aliphatic heterocycles. The lowest BCUT2D eigenvalue weighted by atomic mass is 10.1. The van der Waals surface area contributed by atoms with E-state index in [2.05, 4.69) is 0 Å². The first-order chi connectivity index (χ1) is 12.8. The molecule has 1 heterocycles. The average molecular weight is 381 g/mol. The van der Waals surface area contributed by atoms with Crippen LogP contribution in [0.5, 0.6) is 11.5 Å². The molecule has 0 bridgehead atoms. The minimum absolute atomic E-state index is 0.149. The van der Waals surface area contributed by atoms with Crippen molar-refractivity contribution in [2.75, 3.05) is 39.5 Å². The van der Waals surface area contributed by atoms with E-state index in [0.29, 0.717) is 45.3 Å². The molecule has 1 aliphatic rings. The number of amides is 1. The van der Waals surface area contributed by atoms with Gasteiger partial charge in [-0.15, -0.1) is 0 Å². The molecule has 0 aromatic heterocycles.